The van der Waals surface area contributed by atoms with Crippen molar-refractivity contribution in [1.82, 2.24) is 15.0 Å². The predicted molar refractivity (Wildman–Crippen MR) is 57.4 cm³/mol. The zero-order valence-corrected chi connectivity index (χ0v) is 9.59. The minimum Gasteiger partial charge on any atom is -0.394 e. The lowest BCUT2D eigenvalue weighted by Gasteiger charge is -2.09. The van der Waals surface area contributed by atoms with Crippen molar-refractivity contribution >= 4 is 6.29 Å². The Morgan fingerprint density at radius 1 is 1.50 bits per heavy atom. The number of rotatable bonds is 7. The van der Waals surface area contributed by atoms with E-state index < -0.39 is 0 Å². The molecule has 0 saturated carbocycles. The Balaban J connectivity index is 2.64. The van der Waals surface area contributed by atoms with Crippen LogP contribution in [0.1, 0.15) is 35.9 Å². The third-order valence-electron chi connectivity index (χ3n) is 2.14. The van der Waals surface area contributed by atoms with Gasteiger partial charge in [-0.3, -0.25) is 4.79 Å². The molecule has 0 aromatic carbocycles. The molecule has 0 saturated heterocycles. The quantitative estimate of drug-likeness (QED) is 0.532. The molecule has 16 heavy (non-hydrogen) atoms. The molecule has 0 bridgehead atoms. The number of aliphatic hydroxyl groups excluding tert-OH is 1. The number of aromatic nitrogens is 3. The third kappa shape index (κ3) is 3.11. The summed E-state index contributed by atoms with van der Waals surface area (Å²) in [5.74, 6) is 0.188. The smallest absolute Gasteiger partial charge is 0.172 e. The Kier molecular flexibility index (Phi) is 5.07. The zero-order valence-electron chi connectivity index (χ0n) is 9.59. The lowest BCUT2D eigenvalue weighted by molar-refractivity contribution is 0.0846. The van der Waals surface area contributed by atoms with Crippen LogP contribution >= 0.6 is 0 Å². The van der Waals surface area contributed by atoms with Crippen molar-refractivity contribution in [2.45, 2.75) is 26.3 Å². The fraction of sp³-hybridized carbons (Fsp3) is 0.700. The van der Waals surface area contributed by atoms with Gasteiger partial charge in [0.05, 0.1) is 32.1 Å². The second kappa shape index (κ2) is 6.34. The van der Waals surface area contributed by atoms with Crippen molar-refractivity contribution in [3.05, 3.63) is 11.4 Å². The van der Waals surface area contributed by atoms with Crippen molar-refractivity contribution in [2.24, 2.45) is 0 Å². The van der Waals surface area contributed by atoms with Crippen LogP contribution in [0.25, 0.3) is 0 Å². The van der Waals surface area contributed by atoms with Gasteiger partial charge in [-0.05, 0) is 5.92 Å². The molecule has 0 aliphatic carbocycles. The first-order valence-corrected chi connectivity index (χ1v) is 5.27. The number of aliphatic hydroxyl groups is 1. The number of hydrogen-bond donors (Lipinski definition) is 1. The van der Waals surface area contributed by atoms with Crippen molar-refractivity contribution in [1.29, 1.82) is 0 Å². The highest BCUT2D eigenvalue weighted by Crippen LogP contribution is 2.15. The molecule has 0 unspecified atom stereocenters. The summed E-state index contributed by atoms with van der Waals surface area (Å²) in [6, 6.07) is 0. The van der Waals surface area contributed by atoms with E-state index in [1.165, 1.54) is 0 Å². The topological polar surface area (TPSA) is 77.2 Å². The van der Waals surface area contributed by atoms with Crippen molar-refractivity contribution in [3.8, 4) is 0 Å². The molecule has 0 spiro atoms. The monoisotopic (exact) mass is 227 g/mol. The minimum absolute atomic E-state index is 0.00792. The average molecular weight is 227 g/mol. The Bertz CT molecular complexity index is 336. The highest BCUT2D eigenvalue weighted by molar-refractivity contribution is 5.73. The van der Waals surface area contributed by atoms with E-state index in [-0.39, 0.29) is 12.5 Å². The standard InChI is InChI=1S/C10H17N3O3/c1-8(2)10-9(7-15)11-12-13(10)3-5-16-6-4-14/h7-8,14H,3-6H2,1-2H3. The number of aldehydes is 1. The lowest BCUT2D eigenvalue weighted by Crippen LogP contribution is -2.13. The van der Waals surface area contributed by atoms with Gasteiger partial charge in [-0.15, -0.1) is 5.10 Å². The molecule has 1 N–H and O–H groups in total. The Labute approximate surface area is 94.2 Å². The van der Waals surface area contributed by atoms with Gasteiger partial charge in [0.2, 0.25) is 0 Å². The van der Waals surface area contributed by atoms with Crippen molar-refractivity contribution in [2.75, 3.05) is 19.8 Å². The second-order valence-electron chi connectivity index (χ2n) is 3.69. The molecule has 0 amide bonds. The molecule has 1 heterocycles. The van der Waals surface area contributed by atoms with Crippen LogP contribution in [0.5, 0.6) is 0 Å². The molecule has 0 radical (unpaired) electrons. The molecule has 6 nitrogen and oxygen atoms in total. The van der Waals surface area contributed by atoms with Gasteiger partial charge in [0, 0.05) is 0 Å². The maximum absolute atomic E-state index is 10.7. The molecule has 90 valence electrons. The highest BCUT2D eigenvalue weighted by Gasteiger charge is 2.14. The van der Waals surface area contributed by atoms with E-state index in [0.29, 0.717) is 31.7 Å². The first-order chi connectivity index (χ1) is 7.70. The summed E-state index contributed by atoms with van der Waals surface area (Å²) < 4.78 is 6.81. The summed E-state index contributed by atoms with van der Waals surface area (Å²) in [5, 5.41) is 16.2. The van der Waals surface area contributed by atoms with Crippen LogP contribution in [0.3, 0.4) is 0 Å². The third-order valence-corrected chi connectivity index (χ3v) is 2.14. The lowest BCUT2D eigenvalue weighted by atomic mass is 10.1. The SMILES string of the molecule is CC(C)c1c(C=O)nnn1CCOCCO. The van der Waals surface area contributed by atoms with E-state index in [2.05, 4.69) is 10.3 Å². The summed E-state index contributed by atoms with van der Waals surface area (Å²) >= 11 is 0. The van der Waals surface area contributed by atoms with Gasteiger partial charge in [-0.25, -0.2) is 4.68 Å². The van der Waals surface area contributed by atoms with Gasteiger partial charge >= 0.3 is 0 Å². The maximum atomic E-state index is 10.7. The average Bonchev–Trinajstić information content (AvgIpc) is 2.67. The molecule has 0 aliphatic heterocycles. The number of ether oxygens (including phenoxy) is 1. The number of hydrogen-bond acceptors (Lipinski definition) is 5. The molecule has 1 aromatic heterocycles. The van der Waals surface area contributed by atoms with Crippen molar-refractivity contribution in [3.63, 3.8) is 0 Å². The van der Waals surface area contributed by atoms with Crippen LogP contribution in [-0.4, -0.2) is 46.2 Å². The van der Waals surface area contributed by atoms with Crippen LogP contribution in [0.4, 0.5) is 0 Å². The molecule has 0 atom stereocenters. The van der Waals surface area contributed by atoms with Crippen LogP contribution in [0.15, 0.2) is 0 Å². The van der Waals surface area contributed by atoms with Crippen LogP contribution in [0.2, 0.25) is 0 Å². The molecule has 0 fully saturated rings. The fourth-order valence-corrected chi connectivity index (χ4v) is 1.49. The van der Waals surface area contributed by atoms with Gasteiger partial charge in [0.1, 0.15) is 5.69 Å². The summed E-state index contributed by atoms with van der Waals surface area (Å²) in [7, 11) is 0. The molecule has 6 heteroatoms. The minimum atomic E-state index is 0.00792. The molecule has 1 aromatic rings. The normalized spacial score (nSPS) is 11.0. The van der Waals surface area contributed by atoms with E-state index >= 15 is 0 Å². The maximum Gasteiger partial charge on any atom is 0.172 e. The summed E-state index contributed by atoms with van der Waals surface area (Å²) in [6.45, 7) is 5.27. The van der Waals surface area contributed by atoms with Gasteiger partial charge in [0.15, 0.2) is 6.29 Å². The zero-order chi connectivity index (χ0) is 12.0. The molecule has 0 aliphatic rings. The number of nitrogens with zero attached hydrogens (tertiary/aromatic N) is 3. The summed E-state index contributed by atoms with van der Waals surface area (Å²) in [4.78, 5) is 10.7. The van der Waals surface area contributed by atoms with Gasteiger partial charge in [-0.2, -0.15) is 0 Å². The largest absolute Gasteiger partial charge is 0.394 e. The van der Waals surface area contributed by atoms with Crippen LogP contribution in [0, 0.1) is 0 Å². The fourth-order valence-electron chi connectivity index (χ4n) is 1.49. The van der Waals surface area contributed by atoms with E-state index in [1.54, 1.807) is 4.68 Å². The van der Waals surface area contributed by atoms with E-state index in [1.807, 2.05) is 13.8 Å². The van der Waals surface area contributed by atoms with Crippen LogP contribution in [-0.2, 0) is 11.3 Å². The molecular formula is C10H17N3O3. The van der Waals surface area contributed by atoms with Crippen LogP contribution < -0.4 is 0 Å². The predicted octanol–water partition coefficient (Wildman–Crippen LogP) is 0.223. The Morgan fingerprint density at radius 2 is 2.25 bits per heavy atom. The molecular weight excluding hydrogens is 210 g/mol. The van der Waals surface area contributed by atoms with E-state index in [4.69, 9.17) is 9.84 Å². The summed E-state index contributed by atoms with van der Waals surface area (Å²) in [6.07, 6.45) is 0.716. The summed E-state index contributed by atoms with van der Waals surface area (Å²) in [5.41, 5.74) is 1.21. The number of carbonyl (C=O) groups is 1. The first kappa shape index (κ1) is 12.8. The van der Waals surface area contributed by atoms with Gasteiger partial charge in [-0.1, -0.05) is 19.1 Å². The van der Waals surface area contributed by atoms with E-state index in [0.717, 1.165) is 5.69 Å². The van der Waals surface area contributed by atoms with E-state index in [9.17, 15) is 4.79 Å². The van der Waals surface area contributed by atoms with Gasteiger partial charge < -0.3 is 9.84 Å². The van der Waals surface area contributed by atoms with Gasteiger partial charge in [0.25, 0.3) is 0 Å². The first-order valence-electron chi connectivity index (χ1n) is 5.27. The Hall–Kier alpha value is -1.27. The molecule has 1 rings (SSSR count). The number of carbonyl (C=O) groups excluding carboxylic acids is 1. The Morgan fingerprint density at radius 3 is 2.81 bits per heavy atom. The van der Waals surface area contributed by atoms with Crippen molar-refractivity contribution < 1.29 is 14.6 Å². The highest BCUT2D eigenvalue weighted by atomic mass is 16.5. The second-order valence-corrected chi connectivity index (χ2v) is 3.69.